The molecular weight excluding hydrogens is 279 g/mol. The molecule has 1 saturated heterocycles. The van der Waals surface area contributed by atoms with Crippen molar-refractivity contribution in [2.75, 3.05) is 26.2 Å². The number of nitrogens with zero attached hydrogens (tertiary/aromatic N) is 1. The molecule has 116 valence electrons. The Kier molecular flexibility index (Phi) is 4.41. The minimum atomic E-state index is -0.239. The number of benzene rings is 2. The average Bonchev–Trinajstić information content (AvgIpc) is 2.53. The summed E-state index contributed by atoms with van der Waals surface area (Å²) < 4.78 is 13.3. The van der Waals surface area contributed by atoms with E-state index in [-0.39, 0.29) is 11.9 Å². The molecule has 1 unspecified atom stereocenters. The molecule has 3 rings (SSSR count). The molecule has 0 amide bonds. The maximum absolute atomic E-state index is 13.3. The number of hydrogen-bond donors (Lipinski definition) is 2. The van der Waals surface area contributed by atoms with Crippen LogP contribution in [0.4, 0.5) is 4.39 Å². The number of rotatable bonds is 3. The van der Waals surface area contributed by atoms with Crippen LogP contribution in [0.2, 0.25) is 0 Å². The van der Waals surface area contributed by atoms with Gasteiger partial charge in [0.1, 0.15) is 11.6 Å². The molecule has 2 N–H and O–H groups in total. The maximum Gasteiger partial charge on any atom is 0.123 e. The van der Waals surface area contributed by atoms with E-state index < -0.39 is 0 Å². The molecular formula is C18H21FN2O. The molecule has 0 bridgehead atoms. The van der Waals surface area contributed by atoms with Crippen molar-refractivity contribution in [1.29, 1.82) is 0 Å². The van der Waals surface area contributed by atoms with Crippen molar-refractivity contribution >= 4 is 0 Å². The predicted molar refractivity (Wildman–Crippen MR) is 85.5 cm³/mol. The number of piperazine rings is 1. The molecule has 1 atom stereocenters. The van der Waals surface area contributed by atoms with Crippen molar-refractivity contribution in [2.45, 2.75) is 13.0 Å². The van der Waals surface area contributed by atoms with Gasteiger partial charge >= 0.3 is 0 Å². The quantitative estimate of drug-likeness (QED) is 0.915. The first-order chi connectivity index (χ1) is 10.7. The Labute approximate surface area is 130 Å². The Balaban J connectivity index is 2.07. The first-order valence-corrected chi connectivity index (χ1v) is 7.65. The van der Waals surface area contributed by atoms with Crippen LogP contribution in [-0.2, 0) is 0 Å². The summed E-state index contributed by atoms with van der Waals surface area (Å²) in [5.74, 6) is 0.0599. The minimum absolute atomic E-state index is 0.0519. The summed E-state index contributed by atoms with van der Waals surface area (Å²) in [6.07, 6.45) is 0. The highest BCUT2D eigenvalue weighted by molar-refractivity contribution is 5.45. The zero-order chi connectivity index (χ0) is 15.5. The van der Waals surface area contributed by atoms with Crippen molar-refractivity contribution in [3.8, 4) is 5.75 Å². The van der Waals surface area contributed by atoms with Gasteiger partial charge in [-0.2, -0.15) is 0 Å². The van der Waals surface area contributed by atoms with Gasteiger partial charge in [0.15, 0.2) is 0 Å². The van der Waals surface area contributed by atoms with Crippen LogP contribution in [0.15, 0.2) is 42.5 Å². The first kappa shape index (κ1) is 15.0. The molecule has 4 heteroatoms. The number of aromatic hydroxyl groups is 1. The lowest BCUT2D eigenvalue weighted by molar-refractivity contribution is 0.195. The summed E-state index contributed by atoms with van der Waals surface area (Å²) in [5, 5.41) is 13.7. The summed E-state index contributed by atoms with van der Waals surface area (Å²) >= 11 is 0. The smallest absolute Gasteiger partial charge is 0.123 e. The molecule has 1 fully saturated rings. The fourth-order valence-electron chi connectivity index (χ4n) is 3.17. The van der Waals surface area contributed by atoms with Crippen molar-refractivity contribution in [3.63, 3.8) is 0 Å². The molecule has 1 aliphatic heterocycles. The third-order valence-corrected chi connectivity index (χ3v) is 4.28. The molecule has 1 aliphatic rings. The largest absolute Gasteiger partial charge is 0.508 e. The molecule has 22 heavy (non-hydrogen) atoms. The van der Waals surface area contributed by atoms with Crippen LogP contribution in [0.5, 0.6) is 5.75 Å². The van der Waals surface area contributed by atoms with Crippen LogP contribution < -0.4 is 5.32 Å². The second kappa shape index (κ2) is 6.46. The molecule has 0 aliphatic carbocycles. The maximum atomic E-state index is 13.3. The van der Waals surface area contributed by atoms with E-state index in [1.54, 1.807) is 6.07 Å². The van der Waals surface area contributed by atoms with E-state index in [9.17, 15) is 9.50 Å². The minimum Gasteiger partial charge on any atom is -0.508 e. The SMILES string of the molecule is Cc1cccc(O)c1C(c1ccc(F)cc1)N1CCNCC1. The van der Waals surface area contributed by atoms with Gasteiger partial charge in [0.2, 0.25) is 0 Å². The number of aryl methyl sites for hydroxylation is 1. The first-order valence-electron chi connectivity index (χ1n) is 7.65. The topological polar surface area (TPSA) is 35.5 Å². The van der Waals surface area contributed by atoms with Gasteiger partial charge in [-0.05, 0) is 36.2 Å². The van der Waals surface area contributed by atoms with Gasteiger partial charge in [0.05, 0.1) is 6.04 Å². The summed E-state index contributed by atoms with van der Waals surface area (Å²) in [4.78, 5) is 2.34. The normalized spacial score (nSPS) is 17.4. The van der Waals surface area contributed by atoms with Crippen molar-refractivity contribution < 1.29 is 9.50 Å². The van der Waals surface area contributed by atoms with Gasteiger partial charge in [-0.1, -0.05) is 24.3 Å². The molecule has 0 radical (unpaired) electrons. The Morgan fingerprint density at radius 3 is 2.41 bits per heavy atom. The Morgan fingerprint density at radius 1 is 1.09 bits per heavy atom. The summed E-state index contributed by atoms with van der Waals surface area (Å²) in [6.45, 7) is 5.65. The summed E-state index contributed by atoms with van der Waals surface area (Å²) in [7, 11) is 0. The van der Waals surface area contributed by atoms with E-state index in [0.717, 1.165) is 42.9 Å². The molecule has 0 spiro atoms. The van der Waals surface area contributed by atoms with Gasteiger partial charge in [-0.3, -0.25) is 4.90 Å². The zero-order valence-corrected chi connectivity index (χ0v) is 12.7. The molecule has 2 aromatic carbocycles. The summed E-state index contributed by atoms with van der Waals surface area (Å²) in [5.41, 5.74) is 2.97. The summed E-state index contributed by atoms with van der Waals surface area (Å²) in [6, 6.07) is 12.1. The number of nitrogens with one attached hydrogen (secondary N) is 1. The second-order valence-corrected chi connectivity index (χ2v) is 5.75. The average molecular weight is 300 g/mol. The van der Waals surface area contributed by atoms with Crippen molar-refractivity contribution in [2.24, 2.45) is 0 Å². The van der Waals surface area contributed by atoms with Crippen LogP contribution in [0.25, 0.3) is 0 Å². The van der Waals surface area contributed by atoms with Gasteiger partial charge in [-0.25, -0.2) is 4.39 Å². The van der Waals surface area contributed by atoms with E-state index in [0.29, 0.717) is 5.75 Å². The highest BCUT2D eigenvalue weighted by Crippen LogP contribution is 2.36. The highest BCUT2D eigenvalue weighted by atomic mass is 19.1. The molecule has 0 aromatic heterocycles. The molecule has 3 nitrogen and oxygen atoms in total. The van der Waals surface area contributed by atoms with E-state index >= 15 is 0 Å². The standard InChI is InChI=1S/C18H21FN2O/c1-13-3-2-4-16(22)17(13)18(21-11-9-20-10-12-21)14-5-7-15(19)8-6-14/h2-8,18,20,22H,9-12H2,1H3. The zero-order valence-electron chi connectivity index (χ0n) is 12.7. The Bertz CT molecular complexity index is 616. The monoisotopic (exact) mass is 300 g/mol. The Hall–Kier alpha value is -1.91. The number of phenols is 1. The van der Waals surface area contributed by atoms with Crippen molar-refractivity contribution in [1.82, 2.24) is 10.2 Å². The van der Waals surface area contributed by atoms with Gasteiger partial charge in [0.25, 0.3) is 0 Å². The lowest BCUT2D eigenvalue weighted by atomic mass is 9.92. The van der Waals surface area contributed by atoms with Crippen LogP contribution >= 0.6 is 0 Å². The molecule has 0 saturated carbocycles. The lowest BCUT2D eigenvalue weighted by Crippen LogP contribution is -2.45. The fourth-order valence-corrected chi connectivity index (χ4v) is 3.17. The van der Waals surface area contributed by atoms with Crippen molar-refractivity contribution in [3.05, 3.63) is 65.0 Å². The predicted octanol–water partition coefficient (Wildman–Crippen LogP) is 2.83. The fraction of sp³-hybridized carbons (Fsp3) is 0.333. The lowest BCUT2D eigenvalue weighted by Gasteiger charge is -2.36. The number of phenolic OH excluding ortho intramolecular Hbond substituents is 1. The van der Waals surface area contributed by atoms with Gasteiger partial charge in [-0.15, -0.1) is 0 Å². The number of hydrogen-bond acceptors (Lipinski definition) is 3. The van der Waals surface area contributed by atoms with Crippen LogP contribution in [0, 0.1) is 12.7 Å². The van der Waals surface area contributed by atoms with E-state index in [1.807, 2.05) is 31.2 Å². The van der Waals surface area contributed by atoms with Gasteiger partial charge < -0.3 is 10.4 Å². The van der Waals surface area contributed by atoms with E-state index in [4.69, 9.17) is 0 Å². The third-order valence-electron chi connectivity index (χ3n) is 4.28. The number of halogens is 1. The van der Waals surface area contributed by atoms with Gasteiger partial charge in [0, 0.05) is 31.7 Å². The molecule has 2 aromatic rings. The third kappa shape index (κ3) is 2.98. The van der Waals surface area contributed by atoms with E-state index in [2.05, 4.69) is 10.2 Å². The van der Waals surface area contributed by atoms with Crippen LogP contribution in [-0.4, -0.2) is 36.2 Å². The highest BCUT2D eigenvalue weighted by Gasteiger charge is 2.27. The Morgan fingerprint density at radius 2 is 1.77 bits per heavy atom. The molecule has 1 heterocycles. The van der Waals surface area contributed by atoms with Crippen LogP contribution in [0.1, 0.15) is 22.7 Å². The second-order valence-electron chi connectivity index (χ2n) is 5.75. The van der Waals surface area contributed by atoms with E-state index in [1.165, 1.54) is 12.1 Å². The van der Waals surface area contributed by atoms with Crippen LogP contribution in [0.3, 0.4) is 0 Å².